The number of nitrogens with one attached hydrogen (secondary N) is 1. The molecule has 0 saturated carbocycles. The van der Waals surface area contributed by atoms with Gasteiger partial charge in [-0.15, -0.1) is 10.2 Å². The van der Waals surface area contributed by atoms with Gasteiger partial charge in [0.2, 0.25) is 5.91 Å². The Balaban J connectivity index is 1.48. The third-order valence-corrected chi connectivity index (χ3v) is 5.33. The second-order valence-corrected chi connectivity index (χ2v) is 7.13. The summed E-state index contributed by atoms with van der Waals surface area (Å²) >= 11 is 1.36. The number of aromatic nitrogens is 4. The standard InChI is InChI=1S/C21H19N5OS/c1-2-15-7-3-4-11-18(15)26-14-23-25-21(26)28-13-19(27)24-17-10-5-8-16-9-6-12-22-20(16)17/h3-12,14H,2,13H2,1H3,(H,24,27). The fourth-order valence-corrected chi connectivity index (χ4v) is 3.78. The number of benzene rings is 2. The Morgan fingerprint density at radius 3 is 2.86 bits per heavy atom. The van der Waals surface area contributed by atoms with Crippen molar-refractivity contribution in [2.75, 3.05) is 11.1 Å². The Bertz CT molecular complexity index is 1120. The minimum atomic E-state index is -0.110. The second kappa shape index (κ2) is 8.22. The summed E-state index contributed by atoms with van der Waals surface area (Å²) in [7, 11) is 0. The SMILES string of the molecule is CCc1ccccc1-n1cnnc1SCC(=O)Nc1cccc2cccnc12. The molecule has 0 aliphatic rings. The number of amides is 1. The average molecular weight is 389 g/mol. The molecule has 2 aromatic heterocycles. The summed E-state index contributed by atoms with van der Waals surface area (Å²) < 4.78 is 1.93. The first kappa shape index (κ1) is 18.2. The highest BCUT2D eigenvalue weighted by atomic mass is 32.2. The number of nitrogens with zero attached hydrogens (tertiary/aromatic N) is 4. The second-order valence-electron chi connectivity index (χ2n) is 6.18. The van der Waals surface area contributed by atoms with E-state index < -0.39 is 0 Å². The molecule has 4 aromatic rings. The quantitative estimate of drug-likeness (QED) is 0.503. The van der Waals surface area contributed by atoms with Crippen molar-refractivity contribution in [1.29, 1.82) is 0 Å². The smallest absolute Gasteiger partial charge is 0.234 e. The molecule has 2 heterocycles. The number of fused-ring (bicyclic) bond motifs is 1. The lowest BCUT2D eigenvalue weighted by Gasteiger charge is -2.11. The van der Waals surface area contributed by atoms with E-state index in [4.69, 9.17) is 0 Å². The van der Waals surface area contributed by atoms with Crippen LogP contribution in [0.3, 0.4) is 0 Å². The largest absolute Gasteiger partial charge is 0.323 e. The lowest BCUT2D eigenvalue weighted by Crippen LogP contribution is -2.15. The van der Waals surface area contributed by atoms with Gasteiger partial charge in [0, 0.05) is 11.6 Å². The maximum absolute atomic E-state index is 12.5. The summed E-state index contributed by atoms with van der Waals surface area (Å²) in [6.07, 6.45) is 4.32. The summed E-state index contributed by atoms with van der Waals surface area (Å²) in [5.41, 5.74) is 3.73. The van der Waals surface area contributed by atoms with Gasteiger partial charge in [-0.05, 0) is 30.2 Å². The Kier molecular flexibility index (Phi) is 5.34. The van der Waals surface area contributed by atoms with Crippen LogP contribution in [0.4, 0.5) is 5.69 Å². The van der Waals surface area contributed by atoms with Crippen molar-refractivity contribution in [2.45, 2.75) is 18.5 Å². The third kappa shape index (κ3) is 3.75. The first-order valence-electron chi connectivity index (χ1n) is 9.01. The molecular formula is C21H19N5OS. The highest BCUT2D eigenvalue weighted by Crippen LogP contribution is 2.24. The van der Waals surface area contributed by atoms with Crippen molar-refractivity contribution in [3.05, 3.63) is 72.7 Å². The number of rotatable bonds is 6. The Hall–Kier alpha value is -3.19. The fourth-order valence-electron chi connectivity index (χ4n) is 3.05. The number of thioether (sulfide) groups is 1. The Morgan fingerprint density at radius 2 is 1.96 bits per heavy atom. The van der Waals surface area contributed by atoms with Crippen LogP contribution in [0.25, 0.3) is 16.6 Å². The van der Waals surface area contributed by atoms with E-state index in [1.54, 1.807) is 12.5 Å². The molecule has 0 atom stereocenters. The number of anilines is 1. The van der Waals surface area contributed by atoms with E-state index >= 15 is 0 Å². The lowest BCUT2D eigenvalue weighted by molar-refractivity contribution is -0.113. The molecule has 140 valence electrons. The number of pyridine rings is 1. The molecule has 4 rings (SSSR count). The minimum absolute atomic E-state index is 0.110. The maximum atomic E-state index is 12.5. The van der Waals surface area contributed by atoms with Gasteiger partial charge < -0.3 is 5.32 Å². The maximum Gasteiger partial charge on any atom is 0.234 e. The van der Waals surface area contributed by atoms with Crippen LogP contribution in [0, 0.1) is 0 Å². The van der Waals surface area contributed by atoms with Crippen LogP contribution < -0.4 is 5.32 Å². The molecule has 1 N–H and O–H groups in total. The van der Waals surface area contributed by atoms with Crippen LogP contribution in [0.1, 0.15) is 12.5 Å². The highest BCUT2D eigenvalue weighted by Gasteiger charge is 2.13. The minimum Gasteiger partial charge on any atom is -0.323 e. The van der Waals surface area contributed by atoms with E-state index in [1.807, 2.05) is 53.1 Å². The molecule has 0 unspecified atom stereocenters. The molecule has 0 aliphatic heterocycles. The zero-order chi connectivity index (χ0) is 19.3. The van der Waals surface area contributed by atoms with E-state index in [0.717, 1.165) is 23.0 Å². The Morgan fingerprint density at radius 1 is 1.11 bits per heavy atom. The lowest BCUT2D eigenvalue weighted by atomic mass is 10.1. The first-order chi connectivity index (χ1) is 13.8. The van der Waals surface area contributed by atoms with Crippen LogP contribution in [-0.2, 0) is 11.2 Å². The summed E-state index contributed by atoms with van der Waals surface area (Å²) in [6.45, 7) is 2.11. The molecule has 0 fully saturated rings. The molecule has 1 amide bonds. The molecule has 6 nitrogen and oxygen atoms in total. The number of aryl methyl sites for hydroxylation is 1. The van der Waals surface area contributed by atoms with E-state index in [0.29, 0.717) is 10.8 Å². The van der Waals surface area contributed by atoms with Crippen LogP contribution in [0.15, 0.2) is 72.3 Å². The van der Waals surface area contributed by atoms with Gasteiger partial charge in [-0.2, -0.15) is 0 Å². The van der Waals surface area contributed by atoms with Crippen molar-refractivity contribution in [2.24, 2.45) is 0 Å². The zero-order valence-corrected chi connectivity index (χ0v) is 16.2. The molecule has 2 aromatic carbocycles. The van der Waals surface area contributed by atoms with Crippen molar-refractivity contribution < 1.29 is 4.79 Å². The van der Waals surface area contributed by atoms with Gasteiger partial charge in [-0.3, -0.25) is 14.3 Å². The van der Waals surface area contributed by atoms with E-state index in [-0.39, 0.29) is 11.7 Å². The molecular weight excluding hydrogens is 370 g/mol. The summed E-state index contributed by atoms with van der Waals surface area (Å²) in [6, 6.07) is 17.7. The predicted octanol–water partition coefficient (Wildman–Crippen LogP) is 4.11. The molecule has 28 heavy (non-hydrogen) atoms. The van der Waals surface area contributed by atoms with Crippen LogP contribution in [0.2, 0.25) is 0 Å². The Labute approximate surface area is 167 Å². The van der Waals surface area contributed by atoms with Gasteiger partial charge in [0.15, 0.2) is 5.16 Å². The summed E-state index contributed by atoms with van der Waals surface area (Å²) in [4.78, 5) is 16.9. The third-order valence-electron chi connectivity index (χ3n) is 4.39. The van der Waals surface area contributed by atoms with Crippen molar-refractivity contribution in [3.63, 3.8) is 0 Å². The summed E-state index contributed by atoms with van der Waals surface area (Å²) in [5, 5.41) is 12.8. The van der Waals surface area contributed by atoms with Gasteiger partial charge in [0.1, 0.15) is 6.33 Å². The van der Waals surface area contributed by atoms with Gasteiger partial charge in [-0.1, -0.05) is 55.1 Å². The number of hydrogen-bond acceptors (Lipinski definition) is 5. The van der Waals surface area contributed by atoms with E-state index in [9.17, 15) is 4.79 Å². The highest BCUT2D eigenvalue weighted by molar-refractivity contribution is 7.99. The van der Waals surface area contributed by atoms with Crippen LogP contribution in [-0.4, -0.2) is 31.4 Å². The van der Waals surface area contributed by atoms with Gasteiger partial charge >= 0.3 is 0 Å². The summed E-state index contributed by atoms with van der Waals surface area (Å²) in [5.74, 6) is 0.123. The number of carbonyl (C=O) groups is 1. The van der Waals surface area contributed by atoms with Crippen LogP contribution >= 0.6 is 11.8 Å². The fraction of sp³-hybridized carbons (Fsp3) is 0.143. The molecule has 0 saturated heterocycles. The zero-order valence-electron chi connectivity index (χ0n) is 15.4. The monoisotopic (exact) mass is 389 g/mol. The van der Waals surface area contributed by atoms with Crippen molar-refractivity contribution in [3.8, 4) is 5.69 Å². The van der Waals surface area contributed by atoms with E-state index in [2.05, 4.69) is 33.5 Å². The first-order valence-corrected chi connectivity index (χ1v) is 9.99. The topological polar surface area (TPSA) is 72.7 Å². The van der Waals surface area contributed by atoms with Crippen molar-refractivity contribution >= 4 is 34.3 Å². The number of carbonyl (C=O) groups excluding carboxylic acids is 1. The van der Waals surface area contributed by atoms with Gasteiger partial charge in [0.25, 0.3) is 0 Å². The van der Waals surface area contributed by atoms with Gasteiger partial charge in [0.05, 0.1) is 22.6 Å². The molecule has 7 heteroatoms. The number of para-hydroxylation sites is 2. The molecule has 0 aliphatic carbocycles. The predicted molar refractivity (Wildman–Crippen MR) is 112 cm³/mol. The van der Waals surface area contributed by atoms with Crippen LogP contribution in [0.5, 0.6) is 0 Å². The normalized spacial score (nSPS) is 10.9. The molecule has 0 radical (unpaired) electrons. The number of hydrogen-bond donors (Lipinski definition) is 1. The molecule has 0 bridgehead atoms. The molecule has 0 spiro atoms. The average Bonchev–Trinajstić information content (AvgIpc) is 3.21. The van der Waals surface area contributed by atoms with E-state index in [1.165, 1.54) is 17.3 Å². The van der Waals surface area contributed by atoms with Crippen molar-refractivity contribution in [1.82, 2.24) is 19.7 Å². The van der Waals surface area contributed by atoms with Gasteiger partial charge in [-0.25, -0.2) is 0 Å².